The van der Waals surface area contributed by atoms with Gasteiger partial charge in [-0.2, -0.15) is 0 Å². The van der Waals surface area contributed by atoms with E-state index in [1.165, 1.54) is 0 Å². The van der Waals surface area contributed by atoms with Gasteiger partial charge in [-0.25, -0.2) is 18.0 Å². The summed E-state index contributed by atoms with van der Waals surface area (Å²) in [6, 6.07) is 6.96. The molecule has 1 amide bonds. The van der Waals surface area contributed by atoms with Gasteiger partial charge in [0.05, 0.1) is 5.69 Å². The van der Waals surface area contributed by atoms with Crippen LogP contribution in [0.15, 0.2) is 30.3 Å². The van der Waals surface area contributed by atoms with Gasteiger partial charge in [0.25, 0.3) is 5.91 Å². The maximum absolute atomic E-state index is 13.5. The predicted molar refractivity (Wildman–Crippen MR) is 96.7 cm³/mol. The molecule has 0 saturated carbocycles. The minimum atomic E-state index is -1.71. The van der Waals surface area contributed by atoms with E-state index in [0.29, 0.717) is 17.7 Å². The summed E-state index contributed by atoms with van der Waals surface area (Å²) in [5, 5.41) is 1.99. The Morgan fingerprint density at radius 3 is 2.39 bits per heavy atom. The van der Waals surface area contributed by atoms with Crippen molar-refractivity contribution >= 4 is 17.6 Å². The molecule has 0 spiro atoms. The topological polar surface area (TPSA) is 64.6 Å². The zero-order chi connectivity index (χ0) is 20.8. The maximum atomic E-state index is 13.5. The summed E-state index contributed by atoms with van der Waals surface area (Å²) < 4.78 is 49.5. The summed E-state index contributed by atoms with van der Waals surface area (Å²) in [4.78, 5) is 23.4. The van der Waals surface area contributed by atoms with Crippen LogP contribution in [0.2, 0.25) is 0 Å². The first-order valence-corrected chi connectivity index (χ1v) is 8.51. The second-order valence-corrected chi connectivity index (χ2v) is 6.39. The van der Waals surface area contributed by atoms with Crippen LogP contribution in [0.1, 0.15) is 30.9 Å². The molecule has 0 saturated heterocycles. The highest BCUT2D eigenvalue weighted by atomic mass is 19.2. The highest BCUT2D eigenvalue weighted by molar-refractivity contribution is 5.93. The molecular formula is C20H20F3NO4. The molecule has 5 nitrogen and oxygen atoms in total. The summed E-state index contributed by atoms with van der Waals surface area (Å²) in [6.07, 6.45) is 0. The molecule has 0 heterocycles. The van der Waals surface area contributed by atoms with Crippen LogP contribution in [0.5, 0.6) is 5.75 Å². The van der Waals surface area contributed by atoms with Crippen molar-refractivity contribution in [3.8, 4) is 5.75 Å². The third kappa shape index (κ3) is 5.48. The number of ether oxygens (including phenoxy) is 2. The van der Waals surface area contributed by atoms with Gasteiger partial charge in [0.1, 0.15) is 5.75 Å². The molecule has 2 aromatic carbocycles. The average molecular weight is 395 g/mol. The third-order valence-electron chi connectivity index (χ3n) is 3.89. The summed E-state index contributed by atoms with van der Waals surface area (Å²) in [5.74, 6) is -5.51. The molecule has 150 valence electrons. The van der Waals surface area contributed by atoms with Crippen LogP contribution < -0.4 is 10.1 Å². The SMILES string of the molecule is Cc1cc(OCC(=O)OCC(=O)Nc2ccc(F)c(F)c2F)ccc1C(C)C. The van der Waals surface area contributed by atoms with Gasteiger partial charge in [-0.05, 0) is 48.2 Å². The van der Waals surface area contributed by atoms with Gasteiger partial charge in [0.15, 0.2) is 30.7 Å². The Morgan fingerprint density at radius 2 is 1.75 bits per heavy atom. The van der Waals surface area contributed by atoms with Crippen LogP contribution in [-0.4, -0.2) is 25.1 Å². The number of carbonyl (C=O) groups is 2. The quantitative estimate of drug-likeness (QED) is 0.566. The predicted octanol–water partition coefficient (Wildman–Crippen LogP) is 4.10. The normalized spacial score (nSPS) is 10.7. The number of halogens is 3. The molecule has 2 rings (SSSR count). The summed E-state index contributed by atoms with van der Waals surface area (Å²) >= 11 is 0. The van der Waals surface area contributed by atoms with Gasteiger partial charge in [-0.15, -0.1) is 0 Å². The molecule has 0 aliphatic heterocycles. The number of esters is 1. The molecular weight excluding hydrogens is 375 g/mol. The zero-order valence-electron chi connectivity index (χ0n) is 15.6. The van der Waals surface area contributed by atoms with E-state index in [-0.39, 0.29) is 0 Å². The second kappa shape index (κ2) is 9.25. The lowest BCUT2D eigenvalue weighted by molar-refractivity contribution is -0.149. The molecule has 0 aromatic heterocycles. The first-order chi connectivity index (χ1) is 13.2. The monoisotopic (exact) mass is 395 g/mol. The number of hydrogen-bond donors (Lipinski definition) is 1. The molecule has 0 fully saturated rings. The summed E-state index contributed by atoms with van der Waals surface area (Å²) in [6.45, 7) is 4.91. The second-order valence-electron chi connectivity index (χ2n) is 6.39. The Labute approximate surface area is 160 Å². The number of hydrogen-bond acceptors (Lipinski definition) is 4. The van der Waals surface area contributed by atoms with E-state index < -0.39 is 48.2 Å². The first kappa shape index (κ1) is 21.3. The van der Waals surface area contributed by atoms with Crippen molar-refractivity contribution in [3.05, 3.63) is 58.9 Å². The Hall–Kier alpha value is -3.03. The summed E-state index contributed by atoms with van der Waals surface area (Å²) in [7, 11) is 0. The average Bonchev–Trinajstić information content (AvgIpc) is 2.65. The molecule has 0 aliphatic rings. The lowest BCUT2D eigenvalue weighted by atomic mass is 9.98. The zero-order valence-corrected chi connectivity index (χ0v) is 15.6. The standard InChI is InChI=1S/C20H20F3NO4/c1-11(2)14-5-4-13(8-12(14)3)27-10-18(26)28-9-17(25)24-16-7-6-15(21)19(22)20(16)23/h4-8,11H,9-10H2,1-3H3,(H,24,25). The van der Waals surface area contributed by atoms with Crippen molar-refractivity contribution in [2.75, 3.05) is 18.5 Å². The molecule has 0 radical (unpaired) electrons. The van der Waals surface area contributed by atoms with E-state index in [4.69, 9.17) is 9.47 Å². The Morgan fingerprint density at radius 1 is 1.04 bits per heavy atom. The molecule has 0 unspecified atom stereocenters. The van der Waals surface area contributed by atoms with E-state index in [2.05, 4.69) is 13.8 Å². The largest absolute Gasteiger partial charge is 0.482 e. The highest BCUT2D eigenvalue weighted by Gasteiger charge is 2.16. The summed E-state index contributed by atoms with van der Waals surface area (Å²) in [5.41, 5.74) is 1.63. The smallest absolute Gasteiger partial charge is 0.344 e. The number of aryl methyl sites for hydroxylation is 1. The van der Waals surface area contributed by atoms with Crippen LogP contribution in [0.25, 0.3) is 0 Å². The molecule has 28 heavy (non-hydrogen) atoms. The molecule has 0 atom stereocenters. The third-order valence-corrected chi connectivity index (χ3v) is 3.89. The highest BCUT2D eigenvalue weighted by Crippen LogP contribution is 2.23. The number of benzene rings is 2. The van der Waals surface area contributed by atoms with Crippen LogP contribution in [0.3, 0.4) is 0 Å². The number of rotatable bonds is 7. The van der Waals surface area contributed by atoms with Crippen molar-refractivity contribution in [2.45, 2.75) is 26.7 Å². The lowest BCUT2D eigenvalue weighted by Crippen LogP contribution is -2.24. The van der Waals surface area contributed by atoms with Gasteiger partial charge < -0.3 is 14.8 Å². The van der Waals surface area contributed by atoms with Crippen molar-refractivity contribution in [1.82, 2.24) is 0 Å². The molecule has 2 aromatic rings. The van der Waals surface area contributed by atoms with Gasteiger partial charge in [-0.1, -0.05) is 19.9 Å². The van der Waals surface area contributed by atoms with E-state index in [9.17, 15) is 22.8 Å². The van der Waals surface area contributed by atoms with E-state index >= 15 is 0 Å². The lowest BCUT2D eigenvalue weighted by Gasteiger charge is -2.12. The van der Waals surface area contributed by atoms with E-state index in [1.54, 1.807) is 12.1 Å². The fourth-order valence-corrected chi connectivity index (χ4v) is 2.52. The van der Waals surface area contributed by atoms with Crippen LogP contribution >= 0.6 is 0 Å². The minimum Gasteiger partial charge on any atom is -0.482 e. The van der Waals surface area contributed by atoms with Crippen LogP contribution in [-0.2, 0) is 14.3 Å². The first-order valence-electron chi connectivity index (χ1n) is 8.51. The maximum Gasteiger partial charge on any atom is 0.344 e. The van der Waals surface area contributed by atoms with Gasteiger partial charge in [0, 0.05) is 0 Å². The number of anilines is 1. The molecule has 1 N–H and O–H groups in total. The fourth-order valence-electron chi connectivity index (χ4n) is 2.52. The van der Waals surface area contributed by atoms with Crippen LogP contribution in [0.4, 0.5) is 18.9 Å². The van der Waals surface area contributed by atoms with Crippen molar-refractivity contribution in [2.24, 2.45) is 0 Å². The molecule has 0 bridgehead atoms. The Bertz CT molecular complexity index is 884. The van der Waals surface area contributed by atoms with Gasteiger partial charge >= 0.3 is 5.97 Å². The number of amides is 1. The Kier molecular flexibility index (Phi) is 7.03. The van der Waals surface area contributed by atoms with E-state index in [1.807, 2.05) is 18.3 Å². The number of carbonyl (C=O) groups excluding carboxylic acids is 2. The molecule has 8 heteroatoms. The number of nitrogens with one attached hydrogen (secondary N) is 1. The van der Waals surface area contributed by atoms with Crippen LogP contribution in [0, 0.1) is 24.4 Å². The van der Waals surface area contributed by atoms with Crippen molar-refractivity contribution in [1.29, 1.82) is 0 Å². The Balaban J connectivity index is 1.82. The van der Waals surface area contributed by atoms with Crippen molar-refractivity contribution < 1.29 is 32.2 Å². The van der Waals surface area contributed by atoms with Gasteiger partial charge in [-0.3, -0.25) is 4.79 Å². The fraction of sp³-hybridized carbons (Fsp3) is 0.300. The van der Waals surface area contributed by atoms with Gasteiger partial charge in [0.2, 0.25) is 0 Å². The van der Waals surface area contributed by atoms with Crippen molar-refractivity contribution in [3.63, 3.8) is 0 Å². The minimum absolute atomic E-state index is 0.358. The van der Waals surface area contributed by atoms with E-state index in [0.717, 1.165) is 17.2 Å². The molecule has 0 aliphatic carbocycles.